The summed E-state index contributed by atoms with van der Waals surface area (Å²) in [7, 11) is 0. The Morgan fingerprint density at radius 1 is 1.26 bits per heavy atom. The highest BCUT2D eigenvalue weighted by Crippen LogP contribution is 2.30. The summed E-state index contributed by atoms with van der Waals surface area (Å²) in [6.07, 6.45) is 4.90. The van der Waals surface area contributed by atoms with Gasteiger partial charge in [-0.05, 0) is 55.5 Å². The number of piperidine rings is 1. The van der Waals surface area contributed by atoms with E-state index in [4.69, 9.17) is 16.0 Å². The second kappa shape index (κ2) is 9.06. The highest BCUT2D eigenvalue weighted by molar-refractivity contribution is 6.31. The van der Waals surface area contributed by atoms with E-state index >= 15 is 0 Å². The lowest BCUT2D eigenvalue weighted by Gasteiger charge is -2.40. The van der Waals surface area contributed by atoms with Crippen LogP contribution < -0.4 is 5.32 Å². The molecule has 8 nitrogen and oxygen atoms in total. The van der Waals surface area contributed by atoms with Crippen LogP contribution in [-0.4, -0.2) is 49.9 Å². The Labute approximate surface area is 200 Å². The molecule has 0 radical (unpaired) electrons. The minimum absolute atomic E-state index is 0.138. The summed E-state index contributed by atoms with van der Waals surface area (Å²) in [6, 6.07) is 8.37. The number of anilines is 1. The second-order valence-electron chi connectivity index (χ2n) is 8.58. The number of aromatic nitrogens is 4. The molecular formula is C24H24ClFN6O2. The number of carbonyl (C=O) groups is 1. The summed E-state index contributed by atoms with van der Waals surface area (Å²) in [5.74, 6) is -0.458. The van der Waals surface area contributed by atoms with Crippen molar-refractivity contribution in [1.82, 2.24) is 24.9 Å². The smallest absolute Gasteiger partial charge is 0.295 e. The predicted octanol–water partition coefficient (Wildman–Crippen LogP) is 4.86. The fourth-order valence-corrected chi connectivity index (χ4v) is 4.73. The van der Waals surface area contributed by atoms with Crippen LogP contribution in [0.2, 0.25) is 5.02 Å². The van der Waals surface area contributed by atoms with Crippen molar-refractivity contribution in [2.75, 3.05) is 18.4 Å². The molecule has 10 heteroatoms. The maximum atomic E-state index is 14.5. The number of hydrogen-bond donors (Lipinski definition) is 1. The van der Waals surface area contributed by atoms with Crippen LogP contribution in [0.3, 0.4) is 0 Å². The third-order valence-corrected chi connectivity index (χ3v) is 6.65. The summed E-state index contributed by atoms with van der Waals surface area (Å²) in [4.78, 5) is 21.5. The van der Waals surface area contributed by atoms with Crippen molar-refractivity contribution >= 4 is 34.6 Å². The van der Waals surface area contributed by atoms with E-state index in [-0.39, 0.29) is 29.0 Å². The number of benzene rings is 2. The van der Waals surface area contributed by atoms with Gasteiger partial charge < -0.3 is 14.6 Å². The van der Waals surface area contributed by atoms with Gasteiger partial charge in [0, 0.05) is 24.2 Å². The van der Waals surface area contributed by atoms with E-state index in [1.54, 1.807) is 31.2 Å². The Morgan fingerprint density at radius 3 is 2.85 bits per heavy atom. The van der Waals surface area contributed by atoms with Gasteiger partial charge in [-0.15, -0.1) is 0 Å². The van der Waals surface area contributed by atoms with Crippen LogP contribution >= 0.6 is 11.6 Å². The molecule has 34 heavy (non-hydrogen) atoms. The van der Waals surface area contributed by atoms with Crippen LogP contribution in [0.15, 0.2) is 47.1 Å². The van der Waals surface area contributed by atoms with Crippen molar-refractivity contribution < 1.29 is 13.6 Å². The van der Waals surface area contributed by atoms with Gasteiger partial charge in [0.25, 0.3) is 11.9 Å². The number of halogens is 2. The number of carbonyl (C=O) groups excluding carboxylic acids is 1. The van der Waals surface area contributed by atoms with Crippen molar-refractivity contribution in [2.45, 2.75) is 32.7 Å². The van der Waals surface area contributed by atoms with Crippen molar-refractivity contribution in [1.29, 1.82) is 0 Å². The third kappa shape index (κ3) is 4.11. The van der Waals surface area contributed by atoms with Gasteiger partial charge in [-0.2, -0.15) is 20.0 Å². The topological polar surface area (TPSA) is 89.1 Å². The van der Waals surface area contributed by atoms with Gasteiger partial charge in [-0.3, -0.25) is 4.79 Å². The van der Waals surface area contributed by atoms with E-state index in [2.05, 4.69) is 27.4 Å². The van der Waals surface area contributed by atoms with E-state index in [1.807, 2.05) is 4.90 Å². The molecule has 176 valence electrons. The number of rotatable bonds is 5. The van der Waals surface area contributed by atoms with Gasteiger partial charge in [-0.1, -0.05) is 18.5 Å². The van der Waals surface area contributed by atoms with Crippen molar-refractivity contribution in [3.05, 3.63) is 64.7 Å². The molecular weight excluding hydrogens is 459 g/mol. The lowest BCUT2D eigenvalue weighted by molar-refractivity contribution is 0.0537. The van der Waals surface area contributed by atoms with Gasteiger partial charge in [0.1, 0.15) is 11.3 Å². The van der Waals surface area contributed by atoms with Gasteiger partial charge in [0.05, 0.1) is 29.7 Å². The van der Waals surface area contributed by atoms with Crippen LogP contribution in [0.5, 0.6) is 0 Å². The van der Waals surface area contributed by atoms with Crippen LogP contribution in [-0.2, 0) is 0 Å². The Hall–Kier alpha value is -3.46. The Morgan fingerprint density at radius 2 is 2.06 bits per heavy atom. The number of nitrogens with zero attached hydrogens (tertiary/aromatic N) is 5. The molecule has 1 amide bonds. The summed E-state index contributed by atoms with van der Waals surface area (Å²) >= 11 is 6.04. The number of fused-ring (bicyclic) bond motifs is 1. The second-order valence-corrected chi connectivity index (χ2v) is 9.02. The average Bonchev–Trinajstić information content (AvgIpc) is 3.49. The maximum Gasteiger partial charge on any atom is 0.295 e. The molecule has 2 unspecified atom stereocenters. The van der Waals surface area contributed by atoms with E-state index in [1.165, 1.54) is 23.3 Å². The minimum atomic E-state index is -0.441. The average molecular weight is 483 g/mol. The van der Waals surface area contributed by atoms with Gasteiger partial charge >= 0.3 is 0 Å². The normalized spacial score (nSPS) is 18.4. The number of oxazole rings is 1. The first-order valence-corrected chi connectivity index (χ1v) is 11.6. The fraction of sp³-hybridized carbons (Fsp3) is 0.333. The van der Waals surface area contributed by atoms with Crippen LogP contribution in [0.1, 0.15) is 35.7 Å². The molecule has 4 aromatic rings. The molecule has 0 spiro atoms. The van der Waals surface area contributed by atoms with E-state index < -0.39 is 5.82 Å². The van der Waals surface area contributed by atoms with Crippen LogP contribution in [0, 0.1) is 18.7 Å². The van der Waals surface area contributed by atoms with E-state index in [0.29, 0.717) is 40.9 Å². The van der Waals surface area contributed by atoms with E-state index in [0.717, 1.165) is 12.8 Å². The first kappa shape index (κ1) is 22.3. The first-order chi connectivity index (χ1) is 16.4. The molecule has 1 aliphatic rings. The van der Waals surface area contributed by atoms with Crippen molar-refractivity contribution in [2.24, 2.45) is 5.92 Å². The van der Waals surface area contributed by atoms with Gasteiger partial charge in [0.15, 0.2) is 5.58 Å². The lowest BCUT2D eigenvalue weighted by Crippen LogP contribution is -2.51. The summed E-state index contributed by atoms with van der Waals surface area (Å²) < 4.78 is 20.3. The quantitative estimate of drug-likeness (QED) is 0.437. The van der Waals surface area contributed by atoms with Crippen LogP contribution in [0.25, 0.3) is 16.8 Å². The molecule has 1 saturated heterocycles. The standard InChI is InChI=1S/C24H24ClFN6O2/c1-14-4-3-11-31(20(14)13-27-24-30-18-7-5-16(25)12-21(18)34-24)23(33)22-15(2)17(26)6-8-19(22)32-28-9-10-29-32/h5-10,12,14,20H,3-4,11,13H2,1-2H3,(H,27,30). The fourth-order valence-electron chi connectivity index (χ4n) is 4.57. The highest BCUT2D eigenvalue weighted by atomic mass is 35.5. The molecule has 1 fully saturated rings. The molecule has 5 rings (SSSR count). The summed E-state index contributed by atoms with van der Waals surface area (Å²) in [5.41, 5.74) is 2.29. The third-order valence-electron chi connectivity index (χ3n) is 6.41. The highest BCUT2D eigenvalue weighted by Gasteiger charge is 2.35. The number of amides is 1. The number of likely N-dealkylation sites (tertiary alicyclic amines) is 1. The lowest BCUT2D eigenvalue weighted by atomic mass is 9.89. The molecule has 1 aliphatic heterocycles. The molecule has 0 bridgehead atoms. The summed E-state index contributed by atoms with van der Waals surface area (Å²) in [5, 5.41) is 12.1. The summed E-state index contributed by atoms with van der Waals surface area (Å²) in [6.45, 7) is 4.74. The van der Waals surface area contributed by atoms with Crippen LogP contribution in [0.4, 0.5) is 10.4 Å². The monoisotopic (exact) mass is 482 g/mol. The Balaban J connectivity index is 1.44. The zero-order chi connectivity index (χ0) is 23.8. The van der Waals surface area contributed by atoms with Gasteiger partial charge in [0.2, 0.25) is 0 Å². The number of hydrogen-bond acceptors (Lipinski definition) is 6. The molecule has 3 heterocycles. The Bertz CT molecular complexity index is 1340. The zero-order valence-corrected chi connectivity index (χ0v) is 19.6. The molecule has 1 N–H and O–H groups in total. The number of nitrogens with one attached hydrogen (secondary N) is 1. The molecule has 2 atom stereocenters. The molecule has 0 saturated carbocycles. The SMILES string of the molecule is Cc1c(F)ccc(-n2nccn2)c1C(=O)N1CCCC(C)C1CNc1nc2ccc(Cl)cc2o1. The Kier molecular flexibility index (Phi) is 5.95. The molecule has 2 aromatic heterocycles. The van der Waals surface area contributed by atoms with E-state index in [9.17, 15) is 9.18 Å². The van der Waals surface area contributed by atoms with Crippen molar-refractivity contribution in [3.63, 3.8) is 0 Å². The molecule has 0 aliphatic carbocycles. The zero-order valence-electron chi connectivity index (χ0n) is 18.8. The predicted molar refractivity (Wildman–Crippen MR) is 127 cm³/mol. The first-order valence-electron chi connectivity index (χ1n) is 11.2. The molecule has 2 aromatic carbocycles. The maximum absolute atomic E-state index is 14.5. The largest absolute Gasteiger partial charge is 0.424 e. The van der Waals surface area contributed by atoms with Gasteiger partial charge in [-0.25, -0.2) is 4.39 Å². The van der Waals surface area contributed by atoms with Crippen molar-refractivity contribution in [3.8, 4) is 5.69 Å². The minimum Gasteiger partial charge on any atom is -0.424 e.